The number of hydrogen-bond donors (Lipinski definition) is 0. The molecular formula is C27H25BrN2O3S2. The van der Waals surface area contributed by atoms with Crippen molar-refractivity contribution in [1.82, 2.24) is 9.55 Å². The number of fused-ring (bicyclic) bond motifs is 3. The maximum atomic E-state index is 14.0. The molecule has 1 aliphatic rings. The molecule has 180 valence electrons. The number of nitrogens with zero attached hydrogens (tertiary/aromatic N) is 2. The lowest BCUT2D eigenvalue weighted by molar-refractivity contribution is 0.00200. The minimum Gasteiger partial charge on any atom is -0.372 e. The molecule has 2 aromatic carbocycles. The highest BCUT2D eigenvalue weighted by Crippen LogP contribution is 2.36. The average Bonchev–Trinajstić information content (AvgIpc) is 3.21. The van der Waals surface area contributed by atoms with Gasteiger partial charge in [-0.1, -0.05) is 71.9 Å². The van der Waals surface area contributed by atoms with Crippen molar-refractivity contribution < 1.29 is 9.53 Å². The second-order valence-electron chi connectivity index (χ2n) is 9.02. The first kappa shape index (κ1) is 24.4. The lowest BCUT2D eigenvalue weighted by atomic mass is 9.96. The highest BCUT2D eigenvalue weighted by atomic mass is 79.9. The monoisotopic (exact) mass is 568 g/mol. The van der Waals surface area contributed by atoms with Gasteiger partial charge in [0.1, 0.15) is 4.83 Å². The zero-order valence-electron chi connectivity index (χ0n) is 19.7. The van der Waals surface area contributed by atoms with Crippen molar-refractivity contribution in [2.24, 2.45) is 5.92 Å². The molecule has 3 heterocycles. The van der Waals surface area contributed by atoms with Crippen LogP contribution in [0.1, 0.15) is 40.2 Å². The zero-order chi connectivity index (χ0) is 24.7. The van der Waals surface area contributed by atoms with E-state index in [9.17, 15) is 9.59 Å². The quantitative estimate of drug-likeness (QED) is 0.149. The molecule has 1 atom stereocenters. The van der Waals surface area contributed by atoms with E-state index in [1.807, 2.05) is 43.3 Å². The Hall–Kier alpha value is -2.26. The molecule has 0 saturated carbocycles. The summed E-state index contributed by atoms with van der Waals surface area (Å²) in [5, 5.41) is 1.22. The molecule has 0 N–H and O–H groups in total. The van der Waals surface area contributed by atoms with E-state index in [4.69, 9.17) is 9.72 Å². The van der Waals surface area contributed by atoms with Crippen molar-refractivity contribution in [2.75, 3.05) is 5.75 Å². The number of aromatic nitrogens is 2. The molecule has 35 heavy (non-hydrogen) atoms. The Balaban J connectivity index is 1.61. The van der Waals surface area contributed by atoms with E-state index in [2.05, 4.69) is 29.8 Å². The molecule has 0 bridgehead atoms. The van der Waals surface area contributed by atoms with Crippen molar-refractivity contribution in [2.45, 2.75) is 45.1 Å². The molecule has 0 aliphatic carbocycles. The van der Waals surface area contributed by atoms with E-state index < -0.39 is 0 Å². The molecule has 0 saturated heterocycles. The van der Waals surface area contributed by atoms with E-state index in [-0.39, 0.29) is 23.2 Å². The Labute approximate surface area is 220 Å². The number of halogens is 1. The molecule has 2 aromatic heterocycles. The first-order valence-electron chi connectivity index (χ1n) is 11.5. The minimum atomic E-state index is -0.0789. The number of para-hydroxylation sites is 1. The number of ether oxygens (including phenoxy) is 1. The van der Waals surface area contributed by atoms with E-state index in [0.717, 1.165) is 31.0 Å². The maximum absolute atomic E-state index is 14.0. The van der Waals surface area contributed by atoms with Gasteiger partial charge in [0, 0.05) is 21.3 Å². The number of carbonyl (C=O) groups excluding carboxylic acids is 1. The summed E-state index contributed by atoms with van der Waals surface area (Å²) < 4.78 is 8.66. The highest BCUT2D eigenvalue weighted by molar-refractivity contribution is 9.10. The lowest BCUT2D eigenvalue weighted by Crippen LogP contribution is -2.28. The summed E-state index contributed by atoms with van der Waals surface area (Å²) >= 11 is 6.24. The maximum Gasteiger partial charge on any atom is 0.267 e. The molecular weight excluding hydrogens is 544 g/mol. The number of hydrogen-bond acceptors (Lipinski definition) is 6. The molecule has 0 spiro atoms. The Bertz CT molecular complexity index is 1470. The van der Waals surface area contributed by atoms with E-state index in [0.29, 0.717) is 35.1 Å². The van der Waals surface area contributed by atoms with Crippen LogP contribution in [0.4, 0.5) is 0 Å². The second kappa shape index (κ2) is 10.0. The fraction of sp³-hybridized carbons (Fsp3) is 0.296. The Kier molecular flexibility index (Phi) is 6.99. The fourth-order valence-corrected chi connectivity index (χ4v) is 6.64. The van der Waals surface area contributed by atoms with Gasteiger partial charge in [0.25, 0.3) is 5.56 Å². The highest BCUT2D eigenvalue weighted by Gasteiger charge is 2.29. The average molecular weight is 570 g/mol. The van der Waals surface area contributed by atoms with Crippen LogP contribution in [0, 0.1) is 12.8 Å². The Morgan fingerprint density at radius 3 is 2.69 bits per heavy atom. The molecule has 0 amide bonds. The van der Waals surface area contributed by atoms with Gasteiger partial charge in [-0.2, -0.15) is 0 Å². The van der Waals surface area contributed by atoms with Gasteiger partial charge < -0.3 is 4.74 Å². The topological polar surface area (TPSA) is 61.2 Å². The minimum absolute atomic E-state index is 0.00757. The van der Waals surface area contributed by atoms with Gasteiger partial charge in [0.2, 0.25) is 0 Å². The third kappa shape index (κ3) is 4.77. The molecule has 1 aliphatic heterocycles. The third-order valence-corrected chi connectivity index (χ3v) is 8.88. The number of Topliss-reactive ketones (excluding diaryl/α,β-unsaturated/α-hetero) is 1. The first-order chi connectivity index (χ1) is 16.8. The van der Waals surface area contributed by atoms with Crippen molar-refractivity contribution in [3.05, 3.63) is 84.9 Å². The van der Waals surface area contributed by atoms with Gasteiger partial charge in [0.15, 0.2) is 10.9 Å². The first-order valence-corrected chi connectivity index (χ1v) is 14.1. The van der Waals surface area contributed by atoms with Gasteiger partial charge >= 0.3 is 0 Å². The van der Waals surface area contributed by atoms with Crippen molar-refractivity contribution in [3.63, 3.8) is 0 Å². The zero-order valence-corrected chi connectivity index (χ0v) is 22.9. The number of rotatable bonds is 6. The van der Waals surface area contributed by atoms with Crippen molar-refractivity contribution in [3.8, 4) is 5.69 Å². The number of benzene rings is 2. The predicted octanol–water partition coefficient (Wildman–Crippen LogP) is 6.59. The van der Waals surface area contributed by atoms with Crippen molar-refractivity contribution >= 4 is 55.0 Å². The number of thiophene rings is 1. The van der Waals surface area contributed by atoms with E-state index >= 15 is 0 Å². The van der Waals surface area contributed by atoms with Gasteiger partial charge in [0.05, 0.1) is 29.5 Å². The van der Waals surface area contributed by atoms with Crippen LogP contribution in [-0.4, -0.2) is 27.2 Å². The molecule has 4 aromatic rings. The van der Waals surface area contributed by atoms with E-state index in [1.54, 1.807) is 16.7 Å². The van der Waals surface area contributed by atoms with Crippen LogP contribution in [0.5, 0.6) is 0 Å². The lowest BCUT2D eigenvalue weighted by Gasteiger charge is -2.26. The number of carbonyl (C=O) groups is 1. The number of ketones is 1. The summed E-state index contributed by atoms with van der Waals surface area (Å²) in [6, 6.07) is 15.1. The predicted molar refractivity (Wildman–Crippen MR) is 146 cm³/mol. The normalized spacial score (nSPS) is 15.5. The van der Waals surface area contributed by atoms with Crippen LogP contribution in [0.3, 0.4) is 0 Å². The summed E-state index contributed by atoms with van der Waals surface area (Å²) in [6.45, 7) is 6.78. The Morgan fingerprint density at radius 1 is 1.23 bits per heavy atom. The summed E-state index contributed by atoms with van der Waals surface area (Å²) in [4.78, 5) is 33.7. The van der Waals surface area contributed by atoms with Crippen LogP contribution < -0.4 is 5.56 Å². The molecule has 8 heteroatoms. The molecule has 5 rings (SSSR count). The summed E-state index contributed by atoms with van der Waals surface area (Å²) in [5.41, 5.74) is 3.39. The smallest absolute Gasteiger partial charge is 0.267 e. The summed E-state index contributed by atoms with van der Waals surface area (Å²) in [5.74, 6) is 0.547. The van der Waals surface area contributed by atoms with Gasteiger partial charge in [-0.3, -0.25) is 14.2 Å². The molecule has 1 unspecified atom stereocenters. The van der Waals surface area contributed by atoms with Crippen LogP contribution in [-0.2, 0) is 17.8 Å². The fourth-order valence-electron chi connectivity index (χ4n) is 4.31. The van der Waals surface area contributed by atoms with E-state index in [1.165, 1.54) is 23.1 Å². The SMILES string of the molecule is Cc1ccccc1-n1c(SCC(=O)c2ccc(Br)cc2)nc2sc3c(c2c1=O)CC(C(C)C)OC3. The third-order valence-electron chi connectivity index (χ3n) is 6.31. The number of aryl methyl sites for hydroxylation is 1. The molecule has 0 fully saturated rings. The molecule has 5 nitrogen and oxygen atoms in total. The van der Waals surface area contributed by atoms with Crippen LogP contribution in [0.25, 0.3) is 15.9 Å². The molecule has 0 radical (unpaired) electrons. The number of thioether (sulfide) groups is 1. The summed E-state index contributed by atoms with van der Waals surface area (Å²) in [6.07, 6.45) is 0.802. The van der Waals surface area contributed by atoms with Gasteiger partial charge in [-0.25, -0.2) is 4.98 Å². The largest absolute Gasteiger partial charge is 0.372 e. The summed E-state index contributed by atoms with van der Waals surface area (Å²) in [7, 11) is 0. The van der Waals surface area contributed by atoms with Crippen LogP contribution in [0.15, 0.2) is 63.0 Å². The van der Waals surface area contributed by atoms with Crippen molar-refractivity contribution in [1.29, 1.82) is 0 Å². The second-order valence-corrected chi connectivity index (χ2v) is 12.0. The van der Waals surface area contributed by atoms with Crippen LogP contribution in [0.2, 0.25) is 0 Å². The van der Waals surface area contributed by atoms with Crippen LogP contribution >= 0.6 is 39.0 Å². The standard InChI is InChI=1S/C27H25BrN2O3S2/c1-15(2)22-12-19-23(13-33-22)35-25-24(19)26(32)30(20-7-5-4-6-16(20)3)27(29-25)34-14-21(31)17-8-10-18(28)11-9-17/h4-11,15,22H,12-14H2,1-3H3. The van der Waals surface area contributed by atoms with Gasteiger partial charge in [-0.15, -0.1) is 11.3 Å². The van der Waals surface area contributed by atoms with Gasteiger partial charge in [-0.05, 0) is 42.2 Å². The Morgan fingerprint density at radius 2 is 1.97 bits per heavy atom.